The van der Waals surface area contributed by atoms with Crippen LogP contribution in [0, 0.1) is 5.92 Å². The van der Waals surface area contributed by atoms with E-state index in [1.54, 1.807) is 11.3 Å². The van der Waals surface area contributed by atoms with Crippen molar-refractivity contribution >= 4 is 17.2 Å². The van der Waals surface area contributed by atoms with E-state index in [1.807, 2.05) is 24.0 Å². The lowest BCUT2D eigenvalue weighted by Gasteiger charge is -2.22. The third-order valence-corrected chi connectivity index (χ3v) is 4.22. The van der Waals surface area contributed by atoms with E-state index in [4.69, 9.17) is 4.74 Å². The molecule has 1 N–H and O–H groups in total. The molecule has 0 spiro atoms. The maximum atomic E-state index is 5.36. The van der Waals surface area contributed by atoms with Crippen LogP contribution in [0.5, 0.6) is 0 Å². The Labute approximate surface area is 116 Å². The Kier molecular flexibility index (Phi) is 4.05. The molecule has 0 bridgehead atoms. The quantitative estimate of drug-likeness (QED) is 0.931. The maximum Gasteiger partial charge on any atom is 0.125 e. The second-order valence-corrected chi connectivity index (χ2v) is 5.62. The van der Waals surface area contributed by atoms with Crippen molar-refractivity contribution in [3.63, 3.8) is 0 Å². The van der Waals surface area contributed by atoms with Gasteiger partial charge in [0.1, 0.15) is 5.82 Å². The number of anilines is 1. The first kappa shape index (κ1) is 12.6. The number of rotatable bonds is 4. The van der Waals surface area contributed by atoms with Crippen LogP contribution >= 0.6 is 11.3 Å². The number of hydrogen-bond acceptors (Lipinski definition) is 5. The Hall–Kier alpha value is -1.46. The van der Waals surface area contributed by atoms with Crippen LogP contribution in [0.3, 0.4) is 0 Å². The number of hydrogen-bond donors (Lipinski definition) is 1. The molecule has 1 aliphatic rings. The minimum atomic E-state index is 0.705. The Morgan fingerprint density at radius 3 is 2.84 bits per heavy atom. The fourth-order valence-electron chi connectivity index (χ4n) is 2.20. The van der Waals surface area contributed by atoms with Gasteiger partial charge in [0, 0.05) is 37.7 Å². The highest BCUT2D eigenvalue weighted by molar-refractivity contribution is 7.13. The number of aromatic nitrogens is 2. The van der Waals surface area contributed by atoms with Crippen LogP contribution in [0.25, 0.3) is 10.4 Å². The molecule has 0 aromatic carbocycles. The Balaban J connectivity index is 1.57. The first-order valence-corrected chi connectivity index (χ1v) is 7.46. The monoisotopic (exact) mass is 275 g/mol. The van der Waals surface area contributed by atoms with Crippen LogP contribution in [0.1, 0.15) is 12.8 Å². The van der Waals surface area contributed by atoms with E-state index in [1.165, 1.54) is 0 Å². The number of pyridine rings is 1. The summed E-state index contributed by atoms with van der Waals surface area (Å²) in [7, 11) is 0. The van der Waals surface area contributed by atoms with Crippen LogP contribution in [0.2, 0.25) is 0 Å². The summed E-state index contributed by atoms with van der Waals surface area (Å²) in [5.41, 5.74) is 2.96. The van der Waals surface area contributed by atoms with Gasteiger partial charge in [-0.05, 0) is 30.9 Å². The van der Waals surface area contributed by atoms with Crippen LogP contribution in [0.15, 0.2) is 30.0 Å². The summed E-state index contributed by atoms with van der Waals surface area (Å²) in [5.74, 6) is 1.65. The Bertz CT molecular complexity index is 492. The van der Waals surface area contributed by atoms with Gasteiger partial charge >= 0.3 is 0 Å². The number of ether oxygens (including phenoxy) is 1. The molecular formula is C14H17N3OS. The summed E-state index contributed by atoms with van der Waals surface area (Å²) < 4.78 is 5.36. The number of nitrogens with zero attached hydrogens (tertiary/aromatic N) is 2. The van der Waals surface area contributed by atoms with Crippen molar-refractivity contribution in [2.75, 3.05) is 25.1 Å². The van der Waals surface area contributed by atoms with Crippen molar-refractivity contribution in [2.24, 2.45) is 5.92 Å². The van der Waals surface area contributed by atoms with Gasteiger partial charge in [0.2, 0.25) is 0 Å². The third-order valence-electron chi connectivity index (χ3n) is 3.39. The van der Waals surface area contributed by atoms with Gasteiger partial charge in [-0.1, -0.05) is 0 Å². The van der Waals surface area contributed by atoms with Crippen molar-refractivity contribution in [1.82, 2.24) is 9.97 Å². The standard InChI is InChI=1S/C14H17N3OS/c1-2-14(16-7-11-3-5-18-6-4-11)17-8-12(1)13-9-15-10-19-13/h1-2,8-11H,3-7H2,(H,16,17). The van der Waals surface area contributed by atoms with Gasteiger partial charge in [-0.2, -0.15) is 0 Å². The fourth-order valence-corrected chi connectivity index (χ4v) is 2.82. The van der Waals surface area contributed by atoms with Gasteiger partial charge in [0.25, 0.3) is 0 Å². The van der Waals surface area contributed by atoms with Crippen LogP contribution < -0.4 is 5.32 Å². The van der Waals surface area contributed by atoms with Gasteiger partial charge in [-0.25, -0.2) is 4.98 Å². The number of thiazole rings is 1. The number of nitrogens with one attached hydrogen (secondary N) is 1. The summed E-state index contributed by atoms with van der Waals surface area (Å²) in [5, 5.41) is 3.41. The zero-order valence-electron chi connectivity index (χ0n) is 10.7. The molecule has 100 valence electrons. The predicted octanol–water partition coefficient (Wildman–Crippen LogP) is 3.04. The second-order valence-electron chi connectivity index (χ2n) is 4.73. The topological polar surface area (TPSA) is 47.0 Å². The summed E-state index contributed by atoms with van der Waals surface area (Å²) in [4.78, 5) is 9.69. The molecule has 1 fully saturated rings. The van der Waals surface area contributed by atoms with Crippen molar-refractivity contribution in [3.8, 4) is 10.4 Å². The van der Waals surface area contributed by atoms with Crippen LogP contribution in [-0.2, 0) is 4.74 Å². The molecule has 0 unspecified atom stereocenters. The van der Waals surface area contributed by atoms with E-state index in [2.05, 4.69) is 21.4 Å². The molecule has 1 saturated heterocycles. The van der Waals surface area contributed by atoms with Crippen LogP contribution in [0.4, 0.5) is 5.82 Å². The lowest BCUT2D eigenvalue weighted by molar-refractivity contribution is 0.0699. The molecule has 0 aliphatic carbocycles. The van der Waals surface area contributed by atoms with E-state index >= 15 is 0 Å². The Morgan fingerprint density at radius 2 is 2.16 bits per heavy atom. The minimum absolute atomic E-state index is 0.705. The zero-order chi connectivity index (χ0) is 12.9. The molecule has 2 aromatic heterocycles. The van der Waals surface area contributed by atoms with Crippen LogP contribution in [-0.4, -0.2) is 29.7 Å². The lowest BCUT2D eigenvalue weighted by atomic mass is 10.0. The molecular weight excluding hydrogens is 258 g/mol. The van der Waals surface area contributed by atoms with Gasteiger partial charge in [-0.3, -0.25) is 4.98 Å². The predicted molar refractivity (Wildman–Crippen MR) is 77.4 cm³/mol. The largest absolute Gasteiger partial charge is 0.381 e. The molecule has 3 rings (SSSR count). The van der Waals surface area contributed by atoms with Crippen molar-refractivity contribution in [2.45, 2.75) is 12.8 Å². The van der Waals surface area contributed by atoms with E-state index in [0.717, 1.165) is 48.9 Å². The average Bonchev–Trinajstić information content (AvgIpc) is 3.01. The van der Waals surface area contributed by atoms with Gasteiger partial charge < -0.3 is 10.1 Å². The first-order valence-electron chi connectivity index (χ1n) is 6.58. The lowest BCUT2D eigenvalue weighted by Crippen LogP contribution is -2.22. The minimum Gasteiger partial charge on any atom is -0.381 e. The molecule has 0 radical (unpaired) electrons. The van der Waals surface area contributed by atoms with Crippen molar-refractivity contribution in [3.05, 3.63) is 30.0 Å². The van der Waals surface area contributed by atoms with E-state index in [0.29, 0.717) is 5.92 Å². The van der Waals surface area contributed by atoms with E-state index in [-0.39, 0.29) is 0 Å². The van der Waals surface area contributed by atoms with Crippen molar-refractivity contribution < 1.29 is 4.74 Å². The Morgan fingerprint density at radius 1 is 1.26 bits per heavy atom. The smallest absolute Gasteiger partial charge is 0.125 e. The van der Waals surface area contributed by atoms with Gasteiger partial charge in [-0.15, -0.1) is 11.3 Å². The fraction of sp³-hybridized carbons (Fsp3) is 0.429. The summed E-state index contributed by atoms with van der Waals surface area (Å²) in [6.07, 6.45) is 6.06. The molecule has 0 saturated carbocycles. The van der Waals surface area contributed by atoms with Gasteiger partial charge in [0.15, 0.2) is 0 Å². The second kappa shape index (κ2) is 6.12. The first-order chi connectivity index (χ1) is 9.42. The highest BCUT2D eigenvalue weighted by Gasteiger charge is 2.13. The van der Waals surface area contributed by atoms with E-state index < -0.39 is 0 Å². The molecule has 1 aliphatic heterocycles. The highest BCUT2D eigenvalue weighted by atomic mass is 32.1. The summed E-state index contributed by atoms with van der Waals surface area (Å²) >= 11 is 1.63. The SMILES string of the molecule is c1ncc(-c2ccc(NCC3CCOCC3)nc2)s1. The molecule has 2 aromatic rings. The maximum absolute atomic E-state index is 5.36. The normalized spacial score (nSPS) is 16.4. The highest BCUT2D eigenvalue weighted by Crippen LogP contribution is 2.23. The van der Waals surface area contributed by atoms with Gasteiger partial charge in [0.05, 0.1) is 10.4 Å². The van der Waals surface area contributed by atoms with Crippen molar-refractivity contribution in [1.29, 1.82) is 0 Å². The molecule has 3 heterocycles. The van der Waals surface area contributed by atoms with E-state index in [9.17, 15) is 0 Å². The summed E-state index contributed by atoms with van der Waals surface area (Å²) in [6, 6.07) is 4.13. The molecule has 0 amide bonds. The third kappa shape index (κ3) is 3.30. The zero-order valence-corrected chi connectivity index (χ0v) is 11.5. The molecule has 4 nitrogen and oxygen atoms in total. The molecule has 5 heteroatoms. The molecule has 19 heavy (non-hydrogen) atoms. The summed E-state index contributed by atoms with van der Waals surface area (Å²) in [6.45, 7) is 2.77. The average molecular weight is 275 g/mol. The molecule has 0 atom stereocenters.